The third-order valence-corrected chi connectivity index (χ3v) is 5.93. The van der Waals surface area contributed by atoms with E-state index in [2.05, 4.69) is 10.3 Å². The number of rotatable bonds is 7. The van der Waals surface area contributed by atoms with Crippen molar-refractivity contribution in [2.75, 3.05) is 12.4 Å². The Labute approximate surface area is 169 Å². The molecule has 0 saturated heterocycles. The molecular formula is C19H17N3O4S2. The number of nitro benzene ring substituents is 1. The van der Waals surface area contributed by atoms with Crippen LogP contribution < -0.4 is 10.1 Å². The summed E-state index contributed by atoms with van der Waals surface area (Å²) in [5.74, 6) is -0.00558. The molecule has 1 atom stereocenters. The molecule has 3 rings (SSSR count). The first-order valence-electron chi connectivity index (χ1n) is 8.29. The van der Waals surface area contributed by atoms with Crippen molar-refractivity contribution in [1.82, 2.24) is 4.98 Å². The van der Waals surface area contributed by atoms with Crippen molar-refractivity contribution in [3.63, 3.8) is 0 Å². The van der Waals surface area contributed by atoms with Gasteiger partial charge in [0.25, 0.3) is 5.69 Å². The smallest absolute Gasteiger partial charge is 0.273 e. The lowest BCUT2D eigenvalue weighted by Crippen LogP contribution is -2.22. The summed E-state index contributed by atoms with van der Waals surface area (Å²) in [6.45, 7) is 1.78. The number of benzene rings is 2. The number of carbonyl (C=O) groups excluding carboxylic acids is 1. The van der Waals surface area contributed by atoms with Gasteiger partial charge < -0.3 is 10.1 Å². The molecule has 1 heterocycles. The van der Waals surface area contributed by atoms with Crippen LogP contribution in [0.1, 0.15) is 6.92 Å². The molecule has 1 N–H and O–H groups in total. The number of nitrogens with zero attached hydrogens (tertiary/aromatic N) is 2. The highest BCUT2D eigenvalue weighted by Gasteiger charge is 2.19. The molecule has 0 aliphatic carbocycles. The largest absolute Gasteiger partial charge is 0.494 e. The minimum atomic E-state index is -0.515. The molecule has 0 bridgehead atoms. The zero-order chi connectivity index (χ0) is 20.1. The Bertz CT molecular complexity index is 992. The van der Waals surface area contributed by atoms with Crippen LogP contribution in [0, 0.1) is 10.1 Å². The maximum Gasteiger partial charge on any atom is 0.273 e. The topological polar surface area (TPSA) is 94.4 Å². The Morgan fingerprint density at radius 2 is 2.04 bits per heavy atom. The summed E-state index contributed by atoms with van der Waals surface area (Å²) >= 11 is 2.84. The van der Waals surface area contributed by atoms with Gasteiger partial charge in [-0.15, -0.1) is 11.3 Å². The number of aromatic nitrogens is 1. The number of thiazole rings is 1. The number of anilines is 1. The lowest BCUT2D eigenvalue weighted by molar-refractivity contribution is -0.384. The second-order valence-corrected chi connectivity index (χ2v) is 8.20. The number of nitro groups is 1. The van der Waals surface area contributed by atoms with Crippen molar-refractivity contribution in [2.45, 2.75) is 16.5 Å². The fourth-order valence-electron chi connectivity index (χ4n) is 2.39. The van der Waals surface area contributed by atoms with Crippen molar-refractivity contribution >= 4 is 40.4 Å². The van der Waals surface area contributed by atoms with Crippen LogP contribution in [0.25, 0.3) is 11.3 Å². The first-order chi connectivity index (χ1) is 13.5. The van der Waals surface area contributed by atoms with E-state index in [4.69, 9.17) is 4.74 Å². The maximum absolute atomic E-state index is 12.5. The number of nitrogens with one attached hydrogen (secondary N) is 1. The van der Waals surface area contributed by atoms with E-state index in [0.717, 1.165) is 15.6 Å². The lowest BCUT2D eigenvalue weighted by Gasteiger charge is -2.13. The molecule has 1 aromatic heterocycles. The van der Waals surface area contributed by atoms with E-state index < -0.39 is 10.2 Å². The van der Waals surface area contributed by atoms with Gasteiger partial charge >= 0.3 is 0 Å². The maximum atomic E-state index is 12.5. The second kappa shape index (κ2) is 8.85. The van der Waals surface area contributed by atoms with Gasteiger partial charge in [0.05, 0.1) is 34.7 Å². The van der Waals surface area contributed by atoms with Gasteiger partial charge in [-0.1, -0.05) is 42.1 Å². The summed E-state index contributed by atoms with van der Waals surface area (Å²) in [5.41, 5.74) is 2.18. The van der Waals surface area contributed by atoms with E-state index >= 15 is 0 Å². The van der Waals surface area contributed by atoms with Crippen molar-refractivity contribution < 1.29 is 14.5 Å². The fraction of sp³-hybridized carbons (Fsp3) is 0.158. The molecule has 0 radical (unpaired) electrons. The molecule has 0 fully saturated rings. The number of amides is 1. The van der Waals surface area contributed by atoms with E-state index in [1.807, 2.05) is 35.7 Å². The van der Waals surface area contributed by atoms with Crippen LogP contribution in [-0.2, 0) is 4.79 Å². The fourth-order valence-corrected chi connectivity index (χ4v) is 4.36. The Morgan fingerprint density at radius 1 is 1.29 bits per heavy atom. The van der Waals surface area contributed by atoms with Crippen LogP contribution in [0.3, 0.4) is 0 Å². The number of hydrogen-bond acceptors (Lipinski definition) is 7. The SMILES string of the molecule is COc1cc([N+](=O)[O-])ccc1NC(=O)[C@H](C)Sc1nc(-c2ccccc2)cs1. The van der Waals surface area contributed by atoms with Crippen LogP contribution in [0.2, 0.25) is 0 Å². The predicted octanol–water partition coefficient (Wildman–Crippen LogP) is 4.85. The van der Waals surface area contributed by atoms with Crippen molar-refractivity contribution in [3.05, 3.63) is 64.0 Å². The second-order valence-electron chi connectivity index (χ2n) is 5.76. The summed E-state index contributed by atoms with van der Waals surface area (Å²) in [5, 5.41) is 15.2. The molecule has 0 unspecified atom stereocenters. The van der Waals surface area contributed by atoms with Crippen molar-refractivity contribution in [2.24, 2.45) is 0 Å². The zero-order valence-electron chi connectivity index (χ0n) is 15.1. The van der Waals surface area contributed by atoms with E-state index in [0.29, 0.717) is 5.69 Å². The molecule has 7 nitrogen and oxygen atoms in total. The average Bonchev–Trinajstić information content (AvgIpc) is 3.17. The van der Waals surface area contributed by atoms with Gasteiger partial charge in [0.2, 0.25) is 5.91 Å². The minimum absolute atomic E-state index is 0.103. The first kappa shape index (κ1) is 19.8. The average molecular weight is 415 g/mol. The molecule has 28 heavy (non-hydrogen) atoms. The van der Waals surface area contributed by atoms with E-state index in [9.17, 15) is 14.9 Å². The first-order valence-corrected chi connectivity index (χ1v) is 10.0. The molecule has 9 heteroatoms. The van der Waals surface area contributed by atoms with Crippen LogP contribution in [0.4, 0.5) is 11.4 Å². The predicted molar refractivity (Wildman–Crippen MR) is 111 cm³/mol. The van der Waals surface area contributed by atoms with E-state index in [1.54, 1.807) is 6.92 Å². The normalized spacial score (nSPS) is 11.6. The van der Waals surface area contributed by atoms with Gasteiger partial charge in [-0.05, 0) is 13.0 Å². The van der Waals surface area contributed by atoms with Crippen LogP contribution in [0.15, 0.2) is 58.3 Å². The molecule has 2 aromatic carbocycles. The number of hydrogen-bond donors (Lipinski definition) is 1. The summed E-state index contributed by atoms with van der Waals surface area (Å²) in [6, 6.07) is 13.9. The molecular weight excluding hydrogens is 398 g/mol. The Hall–Kier alpha value is -2.91. The standard InChI is InChI=1S/C19H17N3O4S2/c1-12(28-19-21-16(11-27-19)13-6-4-3-5-7-13)18(23)20-15-9-8-14(22(24)25)10-17(15)26-2/h3-12H,1-2H3,(H,20,23)/t12-/m0/s1. The molecule has 0 spiro atoms. The van der Waals surface area contributed by atoms with Crippen LogP contribution >= 0.6 is 23.1 Å². The van der Waals surface area contributed by atoms with Crippen LogP contribution in [0.5, 0.6) is 5.75 Å². The highest BCUT2D eigenvalue weighted by Crippen LogP contribution is 2.33. The monoisotopic (exact) mass is 415 g/mol. The minimum Gasteiger partial charge on any atom is -0.494 e. The zero-order valence-corrected chi connectivity index (χ0v) is 16.8. The van der Waals surface area contributed by atoms with Crippen LogP contribution in [-0.4, -0.2) is 28.2 Å². The number of methoxy groups -OCH3 is 1. The molecule has 144 valence electrons. The summed E-state index contributed by atoms with van der Waals surface area (Å²) in [6.07, 6.45) is 0. The highest BCUT2D eigenvalue weighted by atomic mass is 32.2. The van der Waals surface area contributed by atoms with Gasteiger partial charge in [0.15, 0.2) is 4.34 Å². The highest BCUT2D eigenvalue weighted by molar-refractivity contribution is 8.02. The molecule has 0 saturated carbocycles. The third kappa shape index (κ3) is 4.68. The number of carbonyl (C=O) groups is 1. The number of thioether (sulfide) groups is 1. The number of non-ortho nitro benzene ring substituents is 1. The van der Waals surface area contributed by atoms with E-state index in [1.165, 1.54) is 48.4 Å². The Kier molecular flexibility index (Phi) is 6.27. The van der Waals surface area contributed by atoms with E-state index in [-0.39, 0.29) is 17.3 Å². The Morgan fingerprint density at radius 3 is 2.71 bits per heavy atom. The summed E-state index contributed by atoms with van der Waals surface area (Å²) < 4.78 is 5.94. The van der Waals surface area contributed by atoms with Crippen molar-refractivity contribution in [3.8, 4) is 17.0 Å². The van der Waals surface area contributed by atoms with Gasteiger partial charge in [0, 0.05) is 17.0 Å². The summed E-state index contributed by atoms with van der Waals surface area (Å²) in [4.78, 5) is 27.5. The molecule has 0 aliphatic heterocycles. The van der Waals surface area contributed by atoms with Crippen molar-refractivity contribution in [1.29, 1.82) is 0 Å². The van der Waals surface area contributed by atoms with Gasteiger partial charge in [0.1, 0.15) is 5.75 Å². The number of ether oxygens (including phenoxy) is 1. The molecule has 3 aromatic rings. The lowest BCUT2D eigenvalue weighted by atomic mass is 10.2. The van der Waals surface area contributed by atoms with Gasteiger partial charge in [-0.2, -0.15) is 0 Å². The molecule has 0 aliphatic rings. The quantitative estimate of drug-likeness (QED) is 0.337. The third-order valence-electron chi connectivity index (χ3n) is 3.85. The van der Waals surface area contributed by atoms with Gasteiger partial charge in [-0.25, -0.2) is 4.98 Å². The Balaban J connectivity index is 1.67. The summed E-state index contributed by atoms with van der Waals surface area (Å²) in [7, 11) is 1.40. The molecule has 1 amide bonds. The van der Waals surface area contributed by atoms with Gasteiger partial charge in [-0.3, -0.25) is 14.9 Å².